The van der Waals surface area contributed by atoms with Crippen LogP contribution in [0.25, 0.3) is 0 Å². The second-order valence-corrected chi connectivity index (χ2v) is 4.03. The third kappa shape index (κ3) is 2.79. The number of anilines is 1. The molecule has 2 heterocycles. The molecule has 3 N–H and O–H groups in total. The van der Waals surface area contributed by atoms with Crippen molar-refractivity contribution in [3.8, 4) is 0 Å². The molecule has 17 heavy (non-hydrogen) atoms. The van der Waals surface area contributed by atoms with E-state index in [4.69, 9.17) is 18.0 Å². The van der Waals surface area contributed by atoms with Gasteiger partial charge in [-0.25, -0.2) is 4.98 Å². The van der Waals surface area contributed by atoms with Crippen LogP contribution in [0.5, 0.6) is 0 Å². The van der Waals surface area contributed by atoms with E-state index in [1.807, 2.05) is 23.9 Å². The summed E-state index contributed by atoms with van der Waals surface area (Å²) in [6.45, 7) is 0.657. The van der Waals surface area contributed by atoms with Crippen molar-refractivity contribution < 1.29 is 0 Å². The maximum absolute atomic E-state index is 5.56. The fourth-order valence-corrected chi connectivity index (χ4v) is 1.56. The third-order valence-corrected chi connectivity index (χ3v) is 2.65. The van der Waals surface area contributed by atoms with Crippen LogP contribution in [0.3, 0.4) is 0 Å². The van der Waals surface area contributed by atoms with E-state index in [2.05, 4.69) is 15.4 Å². The van der Waals surface area contributed by atoms with Gasteiger partial charge in [-0.2, -0.15) is 5.10 Å². The molecule has 0 unspecified atom stereocenters. The smallest absolute Gasteiger partial charge is 0.126 e. The number of hydrogen-bond donors (Lipinski definition) is 2. The van der Waals surface area contributed by atoms with E-state index in [0.29, 0.717) is 11.5 Å². The highest BCUT2D eigenvalue weighted by molar-refractivity contribution is 7.80. The van der Waals surface area contributed by atoms with Gasteiger partial charge in [0.1, 0.15) is 10.8 Å². The van der Waals surface area contributed by atoms with Crippen molar-refractivity contribution in [2.24, 2.45) is 12.8 Å². The Morgan fingerprint density at radius 2 is 2.29 bits per heavy atom. The zero-order chi connectivity index (χ0) is 12.3. The summed E-state index contributed by atoms with van der Waals surface area (Å²) in [5, 5.41) is 7.29. The number of nitrogens with zero attached hydrogens (tertiary/aromatic N) is 3. The molecule has 0 amide bonds. The van der Waals surface area contributed by atoms with Crippen LogP contribution in [0.2, 0.25) is 0 Å². The summed E-state index contributed by atoms with van der Waals surface area (Å²) < 4.78 is 1.81. The lowest BCUT2D eigenvalue weighted by atomic mass is 10.2. The average molecular weight is 247 g/mol. The van der Waals surface area contributed by atoms with E-state index in [-0.39, 0.29) is 0 Å². The molecule has 0 aliphatic carbocycles. The normalized spacial score (nSPS) is 10.2. The summed E-state index contributed by atoms with van der Waals surface area (Å²) >= 11 is 4.91. The number of nitrogens with one attached hydrogen (secondary N) is 1. The highest BCUT2D eigenvalue weighted by Crippen LogP contribution is 2.08. The Morgan fingerprint density at radius 1 is 1.47 bits per heavy atom. The molecule has 0 atom stereocenters. The van der Waals surface area contributed by atoms with Gasteiger partial charge in [0.05, 0.1) is 12.2 Å². The fraction of sp³-hybridized carbons (Fsp3) is 0.182. The van der Waals surface area contributed by atoms with Crippen LogP contribution in [0, 0.1) is 0 Å². The molecule has 88 valence electrons. The second-order valence-electron chi connectivity index (χ2n) is 3.59. The molecule has 6 heteroatoms. The topological polar surface area (TPSA) is 68.8 Å². The summed E-state index contributed by atoms with van der Waals surface area (Å²) in [5.41, 5.74) is 7.44. The summed E-state index contributed by atoms with van der Waals surface area (Å²) in [6, 6.07) is 5.57. The Kier molecular flexibility index (Phi) is 3.34. The summed E-state index contributed by atoms with van der Waals surface area (Å²) in [6.07, 6.45) is 3.44. The maximum atomic E-state index is 5.56. The minimum Gasteiger partial charge on any atom is -0.389 e. The molecule has 0 spiro atoms. The number of thiocarbonyl (C=S) groups is 1. The quantitative estimate of drug-likeness (QED) is 0.791. The molecule has 0 saturated carbocycles. The predicted octanol–water partition coefficient (Wildman–Crippen LogP) is 1.06. The molecule has 0 aliphatic rings. The molecule has 2 aromatic heterocycles. The van der Waals surface area contributed by atoms with Crippen LogP contribution in [0.1, 0.15) is 11.3 Å². The molecule has 2 rings (SSSR count). The van der Waals surface area contributed by atoms with Crippen LogP contribution >= 0.6 is 12.2 Å². The standard InChI is InChI=1S/C11H13N5S/c1-16-9(3-5-15-16)7-14-10-6-8(11(12)17)2-4-13-10/h2-6H,7H2,1H3,(H2,12,17)(H,13,14). The van der Waals surface area contributed by atoms with Gasteiger partial charge in [0, 0.05) is 25.0 Å². The van der Waals surface area contributed by atoms with Gasteiger partial charge >= 0.3 is 0 Å². The summed E-state index contributed by atoms with van der Waals surface area (Å²) in [4.78, 5) is 4.57. The Balaban J connectivity index is 2.07. The van der Waals surface area contributed by atoms with Crippen LogP contribution in [0.15, 0.2) is 30.6 Å². The van der Waals surface area contributed by atoms with Gasteiger partial charge < -0.3 is 11.1 Å². The number of rotatable bonds is 4. The molecule has 0 bridgehead atoms. The van der Waals surface area contributed by atoms with Crippen molar-refractivity contribution in [3.63, 3.8) is 0 Å². The van der Waals surface area contributed by atoms with Crippen molar-refractivity contribution in [1.82, 2.24) is 14.8 Å². The molecular formula is C11H13N5S. The first-order chi connectivity index (χ1) is 8.16. The van der Waals surface area contributed by atoms with E-state index >= 15 is 0 Å². The largest absolute Gasteiger partial charge is 0.389 e. The Morgan fingerprint density at radius 3 is 2.94 bits per heavy atom. The lowest BCUT2D eigenvalue weighted by molar-refractivity contribution is 0.720. The van der Waals surface area contributed by atoms with E-state index in [1.54, 1.807) is 18.5 Å². The van der Waals surface area contributed by atoms with Gasteiger partial charge in [-0.1, -0.05) is 12.2 Å². The van der Waals surface area contributed by atoms with Crippen LogP contribution in [-0.4, -0.2) is 19.8 Å². The van der Waals surface area contributed by atoms with Crippen molar-refractivity contribution in [3.05, 3.63) is 41.9 Å². The highest BCUT2D eigenvalue weighted by atomic mass is 32.1. The van der Waals surface area contributed by atoms with E-state index in [9.17, 15) is 0 Å². The van der Waals surface area contributed by atoms with Crippen molar-refractivity contribution in [2.45, 2.75) is 6.54 Å². The van der Waals surface area contributed by atoms with Crippen molar-refractivity contribution in [1.29, 1.82) is 0 Å². The summed E-state index contributed by atoms with van der Waals surface area (Å²) in [5.74, 6) is 0.747. The lowest BCUT2D eigenvalue weighted by Gasteiger charge is -2.07. The zero-order valence-corrected chi connectivity index (χ0v) is 10.2. The first-order valence-corrected chi connectivity index (χ1v) is 5.54. The zero-order valence-electron chi connectivity index (χ0n) is 9.42. The molecule has 5 nitrogen and oxygen atoms in total. The lowest BCUT2D eigenvalue weighted by Crippen LogP contribution is -2.11. The van der Waals surface area contributed by atoms with Crippen molar-refractivity contribution in [2.75, 3.05) is 5.32 Å². The maximum Gasteiger partial charge on any atom is 0.126 e. The SMILES string of the molecule is Cn1nccc1CNc1cc(C(N)=S)ccn1. The minimum absolute atomic E-state index is 0.371. The molecule has 2 aromatic rings. The summed E-state index contributed by atoms with van der Waals surface area (Å²) in [7, 11) is 1.90. The average Bonchev–Trinajstić information content (AvgIpc) is 2.72. The second kappa shape index (κ2) is 4.92. The first kappa shape index (κ1) is 11.5. The molecular weight excluding hydrogens is 234 g/mol. The monoisotopic (exact) mass is 247 g/mol. The molecule has 0 aromatic carbocycles. The fourth-order valence-electron chi connectivity index (χ4n) is 1.44. The highest BCUT2D eigenvalue weighted by Gasteiger charge is 2.01. The number of pyridine rings is 1. The van der Waals surface area contributed by atoms with Crippen LogP contribution < -0.4 is 11.1 Å². The molecule has 0 fully saturated rings. The van der Waals surface area contributed by atoms with Gasteiger partial charge in [-0.15, -0.1) is 0 Å². The van der Waals surface area contributed by atoms with Gasteiger partial charge in [0.2, 0.25) is 0 Å². The minimum atomic E-state index is 0.371. The first-order valence-electron chi connectivity index (χ1n) is 5.13. The molecule has 0 saturated heterocycles. The van der Waals surface area contributed by atoms with Gasteiger partial charge in [0.25, 0.3) is 0 Å². The molecule has 0 aliphatic heterocycles. The van der Waals surface area contributed by atoms with Crippen LogP contribution in [0.4, 0.5) is 5.82 Å². The van der Waals surface area contributed by atoms with Crippen molar-refractivity contribution >= 4 is 23.0 Å². The number of hydrogen-bond acceptors (Lipinski definition) is 4. The van der Waals surface area contributed by atoms with Gasteiger partial charge in [0.15, 0.2) is 0 Å². The Labute approximate surface area is 105 Å². The van der Waals surface area contributed by atoms with E-state index in [1.165, 1.54) is 0 Å². The van der Waals surface area contributed by atoms with E-state index in [0.717, 1.165) is 17.1 Å². The third-order valence-electron chi connectivity index (χ3n) is 2.42. The predicted molar refractivity (Wildman–Crippen MR) is 70.7 cm³/mol. The molecule has 0 radical (unpaired) electrons. The van der Waals surface area contributed by atoms with E-state index < -0.39 is 0 Å². The number of aromatic nitrogens is 3. The number of nitrogens with two attached hydrogens (primary N) is 1. The Bertz CT molecular complexity index is 534. The van der Waals surface area contributed by atoms with Crippen LogP contribution in [-0.2, 0) is 13.6 Å². The van der Waals surface area contributed by atoms with Gasteiger partial charge in [-0.3, -0.25) is 4.68 Å². The van der Waals surface area contributed by atoms with Gasteiger partial charge in [-0.05, 0) is 18.2 Å². The number of aryl methyl sites for hydroxylation is 1. The Hall–Kier alpha value is -1.95.